The maximum atomic E-state index is 14.2. The quantitative estimate of drug-likeness (QED) is 0.191. The number of benzene rings is 3. The summed E-state index contributed by atoms with van der Waals surface area (Å²) in [5.74, 6) is -2.95. The number of halogens is 5. The van der Waals surface area contributed by atoms with Gasteiger partial charge in [-0.2, -0.15) is 21.9 Å². The summed E-state index contributed by atoms with van der Waals surface area (Å²) < 4.78 is 99.9. The summed E-state index contributed by atoms with van der Waals surface area (Å²) in [5, 5.41) is 2.44. The SMILES string of the molecule is CC(NC(=O)c1ccc(C(F)(F)F)cc1N(c1nsnc1Cc1ccccc1)S(=O)O)c1ccc(F)cc1F. The van der Waals surface area contributed by atoms with Crippen molar-refractivity contribution in [3.63, 3.8) is 0 Å². The van der Waals surface area contributed by atoms with Gasteiger partial charge in [-0.15, -0.1) is 0 Å². The highest BCUT2D eigenvalue weighted by molar-refractivity contribution is 7.81. The van der Waals surface area contributed by atoms with Crippen molar-refractivity contribution in [3.8, 4) is 0 Å². The minimum Gasteiger partial charge on any atom is -0.345 e. The van der Waals surface area contributed by atoms with E-state index in [9.17, 15) is 35.5 Å². The second-order valence-corrected chi connectivity index (χ2v) is 9.67. The van der Waals surface area contributed by atoms with Gasteiger partial charge in [0.2, 0.25) is 0 Å². The van der Waals surface area contributed by atoms with Crippen LogP contribution in [0.4, 0.5) is 33.5 Å². The van der Waals surface area contributed by atoms with Crippen LogP contribution in [0.5, 0.6) is 0 Å². The van der Waals surface area contributed by atoms with E-state index in [4.69, 9.17) is 0 Å². The lowest BCUT2D eigenvalue weighted by molar-refractivity contribution is -0.137. The topological polar surface area (TPSA) is 95.4 Å². The van der Waals surface area contributed by atoms with Crippen molar-refractivity contribution in [2.45, 2.75) is 25.6 Å². The third-order valence-electron chi connectivity index (χ3n) is 5.66. The van der Waals surface area contributed by atoms with Crippen molar-refractivity contribution in [2.24, 2.45) is 0 Å². The summed E-state index contributed by atoms with van der Waals surface area (Å²) >= 11 is -2.30. The molecule has 2 atom stereocenters. The molecule has 1 aromatic heterocycles. The second kappa shape index (κ2) is 11.6. The number of amides is 1. The molecule has 14 heteroatoms. The first kappa shape index (κ1) is 28.3. The van der Waals surface area contributed by atoms with Crippen LogP contribution in [0.25, 0.3) is 0 Å². The van der Waals surface area contributed by atoms with Gasteiger partial charge in [0.1, 0.15) is 17.3 Å². The number of hydrogen-bond donors (Lipinski definition) is 2. The first-order chi connectivity index (χ1) is 18.5. The highest BCUT2D eigenvalue weighted by Gasteiger charge is 2.35. The number of anilines is 2. The van der Waals surface area contributed by atoms with E-state index in [-0.39, 0.29) is 23.5 Å². The molecule has 0 saturated carbocycles. The number of hydrogen-bond acceptors (Lipinski definition) is 5. The van der Waals surface area contributed by atoms with Gasteiger partial charge in [-0.1, -0.05) is 36.4 Å². The minimum absolute atomic E-state index is 0.0744. The third-order valence-corrected chi connectivity index (χ3v) is 6.90. The molecule has 0 radical (unpaired) electrons. The summed E-state index contributed by atoms with van der Waals surface area (Å²) in [7, 11) is 0. The maximum absolute atomic E-state index is 14.2. The van der Waals surface area contributed by atoms with E-state index in [1.54, 1.807) is 30.3 Å². The van der Waals surface area contributed by atoms with E-state index in [1.165, 1.54) is 6.92 Å². The fourth-order valence-corrected chi connectivity index (χ4v) is 5.02. The Bertz CT molecular complexity index is 1520. The zero-order chi connectivity index (χ0) is 28.3. The molecule has 3 aromatic carbocycles. The van der Waals surface area contributed by atoms with Crippen LogP contribution in [-0.4, -0.2) is 23.4 Å². The number of nitrogens with zero attached hydrogens (tertiary/aromatic N) is 3. The molecule has 2 N–H and O–H groups in total. The van der Waals surface area contributed by atoms with E-state index in [0.29, 0.717) is 34.2 Å². The minimum atomic E-state index is -4.84. The van der Waals surface area contributed by atoms with Crippen LogP contribution in [0.15, 0.2) is 66.7 Å². The second-order valence-electron chi connectivity index (χ2n) is 8.31. The number of alkyl halides is 3. The first-order valence-electron chi connectivity index (χ1n) is 11.2. The van der Waals surface area contributed by atoms with Gasteiger partial charge < -0.3 is 5.32 Å². The molecular formula is C25H19F5N4O3S2. The van der Waals surface area contributed by atoms with Gasteiger partial charge in [-0.05, 0) is 36.8 Å². The lowest BCUT2D eigenvalue weighted by Gasteiger charge is -2.23. The van der Waals surface area contributed by atoms with Crippen molar-refractivity contribution >= 4 is 40.4 Å². The number of nitrogens with one attached hydrogen (secondary N) is 1. The highest BCUT2D eigenvalue weighted by Crippen LogP contribution is 2.38. The summed E-state index contributed by atoms with van der Waals surface area (Å²) in [6.45, 7) is 1.39. The Balaban J connectivity index is 1.77. The molecule has 0 aliphatic heterocycles. The molecule has 4 rings (SSSR count). The zero-order valence-electron chi connectivity index (χ0n) is 19.9. The average molecular weight is 583 g/mol. The molecule has 0 saturated heterocycles. The van der Waals surface area contributed by atoms with Gasteiger partial charge in [0.05, 0.1) is 34.6 Å². The van der Waals surface area contributed by atoms with E-state index < -0.39 is 57.8 Å². The fourth-order valence-electron chi connectivity index (χ4n) is 3.80. The molecule has 39 heavy (non-hydrogen) atoms. The van der Waals surface area contributed by atoms with Crippen molar-refractivity contribution in [3.05, 3.63) is 106 Å². The first-order valence-corrected chi connectivity index (χ1v) is 13.0. The Kier molecular flexibility index (Phi) is 8.37. The molecule has 1 amide bonds. The molecular weight excluding hydrogens is 563 g/mol. The van der Waals surface area contributed by atoms with Crippen LogP contribution in [0, 0.1) is 11.6 Å². The van der Waals surface area contributed by atoms with E-state index in [1.807, 2.05) is 0 Å². The van der Waals surface area contributed by atoms with Crippen LogP contribution in [0.3, 0.4) is 0 Å². The number of carbonyl (C=O) groups excluding carboxylic acids is 1. The van der Waals surface area contributed by atoms with Crippen molar-refractivity contribution in [1.29, 1.82) is 0 Å². The van der Waals surface area contributed by atoms with E-state index >= 15 is 0 Å². The molecule has 7 nitrogen and oxygen atoms in total. The van der Waals surface area contributed by atoms with Gasteiger partial charge in [-0.25, -0.2) is 17.3 Å². The van der Waals surface area contributed by atoms with Gasteiger partial charge in [0, 0.05) is 18.1 Å². The number of rotatable bonds is 8. The molecule has 2 unspecified atom stereocenters. The Morgan fingerprint density at radius 1 is 1.08 bits per heavy atom. The number of aromatic nitrogens is 2. The summed E-state index contributed by atoms with van der Waals surface area (Å²) in [5.41, 5.74) is -1.30. The summed E-state index contributed by atoms with van der Waals surface area (Å²) in [6.07, 6.45) is -4.70. The molecule has 1 heterocycles. The lowest BCUT2D eigenvalue weighted by atomic mass is 10.0. The molecule has 4 aromatic rings. The summed E-state index contributed by atoms with van der Waals surface area (Å²) in [6, 6.07) is 12.6. The summed E-state index contributed by atoms with van der Waals surface area (Å²) in [4.78, 5) is 13.2. The van der Waals surface area contributed by atoms with Crippen LogP contribution < -0.4 is 9.62 Å². The molecule has 0 aliphatic carbocycles. The smallest absolute Gasteiger partial charge is 0.345 e. The van der Waals surface area contributed by atoms with Crippen molar-refractivity contribution < 1.29 is 35.5 Å². The average Bonchev–Trinajstić information content (AvgIpc) is 3.31. The largest absolute Gasteiger partial charge is 0.416 e. The van der Waals surface area contributed by atoms with Crippen molar-refractivity contribution in [2.75, 3.05) is 4.31 Å². The number of carbonyl (C=O) groups is 1. The van der Waals surface area contributed by atoms with Crippen LogP contribution >= 0.6 is 11.7 Å². The predicted octanol–water partition coefficient (Wildman–Crippen LogP) is 6.19. The zero-order valence-corrected chi connectivity index (χ0v) is 21.6. The van der Waals surface area contributed by atoms with E-state index in [0.717, 1.165) is 23.8 Å². The molecule has 0 fully saturated rings. The highest BCUT2D eigenvalue weighted by atomic mass is 32.2. The van der Waals surface area contributed by atoms with Gasteiger partial charge >= 0.3 is 6.18 Å². The van der Waals surface area contributed by atoms with Crippen LogP contribution in [0.1, 0.15) is 45.7 Å². The van der Waals surface area contributed by atoms with E-state index in [2.05, 4.69) is 14.1 Å². The molecule has 0 aliphatic rings. The van der Waals surface area contributed by atoms with Crippen molar-refractivity contribution in [1.82, 2.24) is 14.1 Å². The van der Waals surface area contributed by atoms with Crippen LogP contribution in [-0.2, 0) is 23.9 Å². The predicted molar refractivity (Wildman–Crippen MR) is 136 cm³/mol. The lowest BCUT2D eigenvalue weighted by Crippen LogP contribution is -2.30. The van der Waals surface area contributed by atoms with Gasteiger partial charge in [0.15, 0.2) is 5.82 Å². The van der Waals surface area contributed by atoms with Crippen LogP contribution in [0.2, 0.25) is 0 Å². The molecule has 0 bridgehead atoms. The third kappa shape index (κ3) is 6.46. The molecule has 204 valence electrons. The Hall–Kier alpha value is -3.75. The van der Waals surface area contributed by atoms with Gasteiger partial charge in [0.25, 0.3) is 17.2 Å². The fraction of sp³-hybridized carbons (Fsp3) is 0.160. The Morgan fingerprint density at radius 2 is 1.79 bits per heavy atom. The normalized spacial score (nSPS) is 13.1. The monoisotopic (exact) mass is 582 g/mol. The standard InChI is InChI=1S/C25H19F5N4O3S2/c1-14(18-10-8-17(26)13-20(18)27)31-24(35)19-9-7-16(25(28,29)30)12-22(19)34(39(36)37)23-21(32-38-33-23)11-15-5-3-2-4-6-15/h2-10,12-14H,11H2,1H3,(H,31,35)(H,36,37). The maximum Gasteiger partial charge on any atom is 0.416 e. The van der Waals surface area contributed by atoms with Gasteiger partial charge in [-0.3, -0.25) is 9.35 Å². The Labute approximate surface area is 226 Å². The Morgan fingerprint density at radius 3 is 2.44 bits per heavy atom. The molecule has 0 spiro atoms.